The van der Waals surface area contributed by atoms with Gasteiger partial charge >= 0.3 is 0 Å². The number of hydrogen-bond acceptors (Lipinski definition) is 2. The number of hydrogen-bond donors (Lipinski definition) is 2. The molecule has 0 radical (unpaired) electrons. The van der Waals surface area contributed by atoms with Gasteiger partial charge in [-0.15, -0.1) is 0 Å². The average Bonchev–Trinajstić information content (AvgIpc) is 3.07. The zero-order chi connectivity index (χ0) is 19.2. The SMILES string of the molecule is CC(=O)N(CCc1c[nH]c2ccccc12)CC(=O)NCc1ccc(F)cc1. The molecule has 6 heteroatoms. The fraction of sp³-hybridized carbons (Fsp3) is 0.238. The molecule has 1 aromatic heterocycles. The number of aromatic nitrogens is 1. The minimum absolute atomic E-state index is 0.00111. The number of fused-ring (bicyclic) bond motifs is 1. The molecule has 0 saturated carbocycles. The van der Waals surface area contributed by atoms with E-state index in [2.05, 4.69) is 10.3 Å². The maximum absolute atomic E-state index is 12.9. The van der Waals surface area contributed by atoms with Crippen LogP contribution in [0.5, 0.6) is 0 Å². The molecule has 0 aliphatic heterocycles. The van der Waals surface area contributed by atoms with Crippen LogP contribution in [-0.2, 0) is 22.6 Å². The molecular weight excluding hydrogens is 345 g/mol. The number of nitrogens with zero attached hydrogens (tertiary/aromatic N) is 1. The molecule has 0 fully saturated rings. The van der Waals surface area contributed by atoms with Crippen LogP contribution in [-0.4, -0.2) is 34.8 Å². The number of aromatic amines is 1. The van der Waals surface area contributed by atoms with Gasteiger partial charge in [-0.1, -0.05) is 30.3 Å². The molecule has 2 aromatic carbocycles. The number of benzene rings is 2. The number of H-pyrrole nitrogens is 1. The van der Waals surface area contributed by atoms with Crippen LogP contribution in [0.25, 0.3) is 10.9 Å². The smallest absolute Gasteiger partial charge is 0.239 e. The van der Waals surface area contributed by atoms with Crippen LogP contribution in [0.3, 0.4) is 0 Å². The molecule has 140 valence electrons. The van der Waals surface area contributed by atoms with Crippen molar-refractivity contribution < 1.29 is 14.0 Å². The molecule has 0 saturated heterocycles. The second-order valence-electron chi connectivity index (χ2n) is 6.45. The zero-order valence-corrected chi connectivity index (χ0v) is 15.2. The monoisotopic (exact) mass is 367 g/mol. The van der Waals surface area contributed by atoms with Crippen LogP contribution in [0.1, 0.15) is 18.1 Å². The van der Waals surface area contributed by atoms with Gasteiger partial charge in [0.2, 0.25) is 11.8 Å². The topological polar surface area (TPSA) is 65.2 Å². The quantitative estimate of drug-likeness (QED) is 0.674. The highest BCUT2D eigenvalue weighted by molar-refractivity contribution is 5.84. The first kappa shape index (κ1) is 18.6. The van der Waals surface area contributed by atoms with Crippen molar-refractivity contribution in [3.63, 3.8) is 0 Å². The molecule has 3 rings (SSSR count). The summed E-state index contributed by atoms with van der Waals surface area (Å²) in [6, 6.07) is 13.9. The summed E-state index contributed by atoms with van der Waals surface area (Å²) in [7, 11) is 0. The van der Waals surface area contributed by atoms with Gasteiger partial charge in [-0.05, 0) is 35.7 Å². The van der Waals surface area contributed by atoms with E-state index in [0.29, 0.717) is 19.5 Å². The number of para-hydroxylation sites is 1. The van der Waals surface area contributed by atoms with E-state index in [1.165, 1.54) is 24.0 Å². The largest absolute Gasteiger partial charge is 0.361 e. The molecule has 27 heavy (non-hydrogen) atoms. The highest BCUT2D eigenvalue weighted by Gasteiger charge is 2.14. The first-order valence-electron chi connectivity index (χ1n) is 8.84. The highest BCUT2D eigenvalue weighted by Crippen LogP contribution is 2.18. The second-order valence-corrected chi connectivity index (χ2v) is 6.45. The van der Waals surface area contributed by atoms with E-state index >= 15 is 0 Å². The molecule has 0 unspecified atom stereocenters. The third-order valence-electron chi connectivity index (χ3n) is 4.51. The van der Waals surface area contributed by atoms with E-state index in [1.807, 2.05) is 30.5 Å². The molecular formula is C21H22FN3O2. The molecule has 1 heterocycles. The molecule has 0 bridgehead atoms. The number of rotatable bonds is 7. The van der Waals surface area contributed by atoms with Crippen molar-refractivity contribution in [2.24, 2.45) is 0 Å². The van der Waals surface area contributed by atoms with Crippen LogP contribution in [0, 0.1) is 5.82 Å². The summed E-state index contributed by atoms with van der Waals surface area (Å²) in [5.41, 5.74) is 2.97. The lowest BCUT2D eigenvalue weighted by Gasteiger charge is -2.20. The summed E-state index contributed by atoms with van der Waals surface area (Å²) < 4.78 is 12.9. The maximum Gasteiger partial charge on any atom is 0.239 e. The lowest BCUT2D eigenvalue weighted by Crippen LogP contribution is -2.40. The van der Waals surface area contributed by atoms with E-state index in [1.54, 1.807) is 12.1 Å². The maximum atomic E-state index is 12.9. The lowest BCUT2D eigenvalue weighted by molar-refractivity contribution is -0.134. The van der Waals surface area contributed by atoms with Crippen LogP contribution in [0.15, 0.2) is 54.7 Å². The van der Waals surface area contributed by atoms with Gasteiger partial charge in [-0.25, -0.2) is 4.39 Å². The van der Waals surface area contributed by atoms with E-state index < -0.39 is 0 Å². The Morgan fingerprint density at radius 2 is 1.85 bits per heavy atom. The molecule has 2 amide bonds. The number of amides is 2. The molecule has 0 atom stereocenters. The fourth-order valence-electron chi connectivity index (χ4n) is 2.97. The molecule has 0 aliphatic carbocycles. The first-order chi connectivity index (χ1) is 13.0. The Balaban J connectivity index is 1.54. The Morgan fingerprint density at radius 3 is 2.59 bits per heavy atom. The van der Waals surface area contributed by atoms with Gasteiger partial charge in [0.05, 0.1) is 6.54 Å². The van der Waals surface area contributed by atoms with Crippen molar-refractivity contribution in [3.8, 4) is 0 Å². The summed E-state index contributed by atoms with van der Waals surface area (Å²) in [5, 5.41) is 3.89. The summed E-state index contributed by atoms with van der Waals surface area (Å²) >= 11 is 0. The Kier molecular flexibility index (Phi) is 5.86. The molecule has 2 N–H and O–H groups in total. The first-order valence-corrected chi connectivity index (χ1v) is 8.84. The average molecular weight is 367 g/mol. The van der Waals surface area contributed by atoms with Gasteiger partial charge in [0.15, 0.2) is 0 Å². The molecule has 3 aromatic rings. The predicted molar refractivity (Wildman–Crippen MR) is 103 cm³/mol. The van der Waals surface area contributed by atoms with Crippen LogP contribution in [0.2, 0.25) is 0 Å². The van der Waals surface area contributed by atoms with E-state index in [-0.39, 0.29) is 24.2 Å². The van der Waals surface area contributed by atoms with Gasteiger partial charge in [-0.3, -0.25) is 9.59 Å². The van der Waals surface area contributed by atoms with Crippen LogP contribution in [0.4, 0.5) is 4.39 Å². The zero-order valence-electron chi connectivity index (χ0n) is 15.2. The minimum Gasteiger partial charge on any atom is -0.361 e. The van der Waals surface area contributed by atoms with Gasteiger partial charge in [0, 0.05) is 37.1 Å². The van der Waals surface area contributed by atoms with Gasteiger partial charge < -0.3 is 15.2 Å². The normalized spacial score (nSPS) is 10.7. The van der Waals surface area contributed by atoms with Crippen molar-refractivity contribution in [2.75, 3.05) is 13.1 Å². The highest BCUT2D eigenvalue weighted by atomic mass is 19.1. The third kappa shape index (κ3) is 4.94. The Hall–Kier alpha value is -3.15. The number of nitrogens with one attached hydrogen (secondary N) is 2. The molecule has 0 spiro atoms. The van der Waals surface area contributed by atoms with Gasteiger partial charge in [-0.2, -0.15) is 0 Å². The van der Waals surface area contributed by atoms with E-state index in [4.69, 9.17) is 0 Å². The van der Waals surface area contributed by atoms with E-state index in [9.17, 15) is 14.0 Å². The van der Waals surface area contributed by atoms with Crippen molar-refractivity contribution >= 4 is 22.7 Å². The number of carbonyl (C=O) groups excluding carboxylic acids is 2. The molecule has 0 aliphatic rings. The number of carbonyl (C=O) groups is 2. The summed E-state index contributed by atoms with van der Waals surface area (Å²) in [4.78, 5) is 28.8. The predicted octanol–water partition coefficient (Wildman–Crippen LogP) is 3.01. The van der Waals surface area contributed by atoms with Crippen molar-refractivity contribution in [2.45, 2.75) is 19.9 Å². The van der Waals surface area contributed by atoms with Crippen molar-refractivity contribution in [1.82, 2.24) is 15.2 Å². The third-order valence-corrected chi connectivity index (χ3v) is 4.51. The van der Waals surface area contributed by atoms with E-state index in [0.717, 1.165) is 22.0 Å². The van der Waals surface area contributed by atoms with Crippen molar-refractivity contribution in [3.05, 3.63) is 71.7 Å². The van der Waals surface area contributed by atoms with Crippen LogP contribution < -0.4 is 5.32 Å². The molecule has 5 nitrogen and oxygen atoms in total. The van der Waals surface area contributed by atoms with Gasteiger partial charge in [0.1, 0.15) is 5.82 Å². The lowest BCUT2D eigenvalue weighted by atomic mass is 10.1. The standard InChI is InChI=1S/C21H22FN3O2/c1-15(26)25(11-10-17-13-23-20-5-3-2-4-19(17)20)14-21(27)24-12-16-6-8-18(22)9-7-16/h2-9,13,23H,10-12,14H2,1H3,(H,24,27). The summed E-state index contributed by atoms with van der Waals surface area (Å²) in [5.74, 6) is -0.703. The fourth-order valence-corrected chi connectivity index (χ4v) is 2.97. The minimum atomic E-state index is -0.315. The summed E-state index contributed by atoms with van der Waals surface area (Å²) in [6.45, 7) is 2.22. The van der Waals surface area contributed by atoms with Crippen LogP contribution >= 0.6 is 0 Å². The Bertz CT molecular complexity index is 934. The second kappa shape index (κ2) is 8.49. The Morgan fingerprint density at radius 1 is 1.11 bits per heavy atom. The number of halogens is 1. The van der Waals surface area contributed by atoms with Gasteiger partial charge in [0.25, 0.3) is 0 Å². The van der Waals surface area contributed by atoms with Crippen molar-refractivity contribution in [1.29, 1.82) is 0 Å². The Labute approximate surface area is 157 Å². The summed E-state index contributed by atoms with van der Waals surface area (Å²) in [6.07, 6.45) is 2.60.